The number of piperazine rings is 1. The predicted octanol–water partition coefficient (Wildman–Crippen LogP) is 1.38. The molecule has 15 heavy (non-hydrogen) atoms. The van der Waals surface area contributed by atoms with E-state index in [0.29, 0.717) is 0 Å². The molecule has 1 heterocycles. The van der Waals surface area contributed by atoms with Crippen molar-refractivity contribution in [2.24, 2.45) is 0 Å². The van der Waals surface area contributed by atoms with Crippen LogP contribution >= 0.6 is 0 Å². The van der Waals surface area contributed by atoms with Crippen LogP contribution in [0.1, 0.15) is 19.8 Å². The number of hydrogen-bond donors (Lipinski definition) is 0. The van der Waals surface area contributed by atoms with Crippen molar-refractivity contribution in [3.8, 4) is 0 Å². The normalized spacial score (nSPS) is 21.5. The molecule has 0 aromatic carbocycles. The highest BCUT2D eigenvalue weighted by Gasteiger charge is 2.19. The van der Waals surface area contributed by atoms with E-state index in [4.69, 9.17) is 0 Å². The van der Waals surface area contributed by atoms with Crippen molar-refractivity contribution in [1.29, 1.82) is 0 Å². The van der Waals surface area contributed by atoms with E-state index in [1.54, 1.807) is 6.92 Å². The van der Waals surface area contributed by atoms with Gasteiger partial charge in [-0.3, -0.25) is 4.79 Å². The highest BCUT2D eigenvalue weighted by Crippen LogP contribution is 2.16. The standard InChI is InChI=1S/C12H18N2O/c1-11(15)13-7-9-14(10-8-13)12-5-3-2-4-6-12/h3,5-6H,2,4,7-10H2,1H3. The van der Waals surface area contributed by atoms with Gasteiger partial charge in [0.05, 0.1) is 0 Å². The Hall–Kier alpha value is -1.25. The average Bonchev–Trinajstić information content (AvgIpc) is 2.30. The number of amides is 1. The Morgan fingerprint density at radius 1 is 1.20 bits per heavy atom. The van der Waals surface area contributed by atoms with Crippen LogP contribution in [0.3, 0.4) is 0 Å². The lowest BCUT2D eigenvalue weighted by atomic mass is 10.1. The first kappa shape index (κ1) is 10.3. The zero-order valence-corrected chi connectivity index (χ0v) is 9.28. The Labute approximate surface area is 91.0 Å². The molecule has 3 heteroatoms. The van der Waals surface area contributed by atoms with Crippen molar-refractivity contribution < 1.29 is 4.79 Å². The third-order valence-electron chi connectivity index (χ3n) is 3.07. The van der Waals surface area contributed by atoms with E-state index in [9.17, 15) is 4.79 Å². The van der Waals surface area contributed by atoms with Gasteiger partial charge in [-0.15, -0.1) is 0 Å². The molecule has 1 aliphatic heterocycles. The maximum absolute atomic E-state index is 11.2. The van der Waals surface area contributed by atoms with E-state index in [-0.39, 0.29) is 5.91 Å². The Kier molecular flexibility index (Phi) is 3.09. The van der Waals surface area contributed by atoms with Crippen LogP contribution in [0.5, 0.6) is 0 Å². The van der Waals surface area contributed by atoms with E-state index in [1.165, 1.54) is 5.70 Å². The first-order valence-electron chi connectivity index (χ1n) is 5.64. The van der Waals surface area contributed by atoms with Gasteiger partial charge in [0.15, 0.2) is 0 Å². The molecule has 0 N–H and O–H groups in total. The van der Waals surface area contributed by atoms with E-state index in [1.807, 2.05) is 4.90 Å². The quantitative estimate of drug-likeness (QED) is 0.647. The molecule has 0 atom stereocenters. The van der Waals surface area contributed by atoms with Crippen LogP contribution in [0.25, 0.3) is 0 Å². The van der Waals surface area contributed by atoms with Crippen molar-refractivity contribution in [2.75, 3.05) is 26.2 Å². The number of nitrogens with zero attached hydrogens (tertiary/aromatic N) is 2. The van der Waals surface area contributed by atoms with E-state index in [0.717, 1.165) is 39.0 Å². The van der Waals surface area contributed by atoms with Gasteiger partial charge < -0.3 is 9.80 Å². The third-order valence-corrected chi connectivity index (χ3v) is 3.07. The molecule has 2 rings (SSSR count). The van der Waals surface area contributed by atoms with Crippen molar-refractivity contribution in [2.45, 2.75) is 19.8 Å². The van der Waals surface area contributed by atoms with Gasteiger partial charge in [0.1, 0.15) is 0 Å². The molecule has 0 aromatic rings. The highest BCUT2D eigenvalue weighted by molar-refractivity contribution is 5.73. The molecular formula is C12H18N2O. The highest BCUT2D eigenvalue weighted by atomic mass is 16.2. The maximum atomic E-state index is 11.2. The van der Waals surface area contributed by atoms with Gasteiger partial charge in [0, 0.05) is 38.8 Å². The molecule has 3 nitrogen and oxygen atoms in total. The summed E-state index contributed by atoms with van der Waals surface area (Å²) in [4.78, 5) is 15.5. The second-order valence-electron chi connectivity index (χ2n) is 4.10. The molecule has 0 spiro atoms. The van der Waals surface area contributed by atoms with Crippen molar-refractivity contribution in [3.63, 3.8) is 0 Å². The molecule has 1 fully saturated rings. The van der Waals surface area contributed by atoms with Crippen LogP contribution in [0.15, 0.2) is 23.9 Å². The summed E-state index contributed by atoms with van der Waals surface area (Å²) in [5, 5.41) is 0. The SMILES string of the molecule is CC(=O)N1CCN(C2=CCCC=C2)CC1. The molecule has 0 radical (unpaired) electrons. The Bertz CT molecular complexity index is 299. The minimum atomic E-state index is 0.197. The molecule has 1 aliphatic carbocycles. The summed E-state index contributed by atoms with van der Waals surface area (Å²) in [6.07, 6.45) is 9.04. The number of allylic oxidation sites excluding steroid dienone is 3. The van der Waals surface area contributed by atoms with Gasteiger partial charge in [-0.25, -0.2) is 0 Å². The molecule has 1 amide bonds. The average molecular weight is 206 g/mol. The molecule has 0 bridgehead atoms. The zero-order valence-electron chi connectivity index (χ0n) is 9.28. The fraction of sp³-hybridized carbons (Fsp3) is 0.583. The van der Waals surface area contributed by atoms with Gasteiger partial charge in [-0.1, -0.05) is 12.2 Å². The number of carbonyl (C=O) groups is 1. The second-order valence-corrected chi connectivity index (χ2v) is 4.10. The summed E-state index contributed by atoms with van der Waals surface area (Å²) in [6.45, 7) is 5.31. The van der Waals surface area contributed by atoms with Gasteiger partial charge >= 0.3 is 0 Å². The summed E-state index contributed by atoms with van der Waals surface area (Å²) in [6, 6.07) is 0. The van der Waals surface area contributed by atoms with Crippen LogP contribution in [0.4, 0.5) is 0 Å². The largest absolute Gasteiger partial charge is 0.368 e. The van der Waals surface area contributed by atoms with Crippen LogP contribution in [-0.2, 0) is 4.79 Å². The minimum absolute atomic E-state index is 0.197. The van der Waals surface area contributed by atoms with Crippen molar-refractivity contribution in [3.05, 3.63) is 23.9 Å². The summed E-state index contributed by atoms with van der Waals surface area (Å²) >= 11 is 0. The van der Waals surface area contributed by atoms with Gasteiger partial charge in [-0.2, -0.15) is 0 Å². The Morgan fingerprint density at radius 2 is 1.93 bits per heavy atom. The molecule has 0 saturated carbocycles. The first-order valence-corrected chi connectivity index (χ1v) is 5.64. The zero-order chi connectivity index (χ0) is 10.7. The van der Waals surface area contributed by atoms with Crippen LogP contribution in [0, 0.1) is 0 Å². The smallest absolute Gasteiger partial charge is 0.219 e. The van der Waals surface area contributed by atoms with E-state index < -0.39 is 0 Å². The van der Waals surface area contributed by atoms with Gasteiger partial charge in [-0.05, 0) is 18.9 Å². The molecule has 1 saturated heterocycles. The van der Waals surface area contributed by atoms with Crippen molar-refractivity contribution >= 4 is 5.91 Å². The molecular weight excluding hydrogens is 188 g/mol. The third kappa shape index (κ3) is 2.41. The summed E-state index contributed by atoms with van der Waals surface area (Å²) in [5.41, 5.74) is 1.34. The molecule has 0 unspecified atom stereocenters. The van der Waals surface area contributed by atoms with Crippen LogP contribution in [0.2, 0.25) is 0 Å². The van der Waals surface area contributed by atoms with Crippen molar-refractivity contribution in [1.82, 2.24) is 9.80 Å². The van der Waals surface area contributed by atoms with Crippen LogP contribution in [-0.4, -0.2) is 41.9 Å². The van der Waals surface area contributed by atoms with Gasteiger partial charge in [0.25, 0.3) is 0 Å². The lowest BCUT2D eigenvalue weighted by Gasteiger charge is -2.36. The monoisotopic (exact) mass is 206 g/mol. The first-order chi connectivity index (χ1) is 7.27. The Morgan fingerprint density at radius 3 is 2.47 bits per heavy atom. The fourth-order valence-electron chi connectivity index (χ4n) is 2.11. The van der Waals surface area contributed by atoms with Crippen LogP contribution < -0.4 is 0 Å². The summed E-state index contributed by atoms with van der Waals surface area (Å²) in [5.74, 6) is 0.197. The lowest BCUT2D eigenvalue weighted by Crippen LogP contribution is -2.47. The van der Waals surface area contributed by atoms with E-state index >= 15 is 0 Å². The molecule has 82 valence electrons. The number of rotatable bonds is 1. The fourth-order valence-corrected chi connectivity index (χ4v) is 2.11. The van der Waals surface area contributed by atoms with Gasteiger partial charge in [0.2, 0.25) is 5.91 Å². The Balaban J connectivity index is 1.90. The lowest BCUT2D eigenvalue weighted by molar-refractivity contribution is -0.130. The molecule has 0 aromatic heterocycles. The number of hydrogen-bond acceptors (Lipinski definition) is 2. The number of carbonyl (C=O) groups excluding carboxylic acids is 1. The minimum Gasteiger partial charge on any atom is -0.368 e. The topological polar surface area (TPSA) is 23.6 Å². The predicted molar refractivity (Wildman–Crippen MR) is 60.3 cm³/mol. The maximum Gasteiger partial charge on any atom is 0.219 e. The molecule has 2 aliphatic rings. The summed E-state index contributed by atoms with van der Waals surface area (Å²) in [7, 11) is 0. The van der Waals surface area contributed by atoms with E-state index in [2.05, 4.69) is 23.1 Å². The summed E-state index contributed by atoms with van der Waals surface area (Å²) < 4.78 is 0. The second kappa shape index (κ2) is 4.51.